The molecule has 1 N–H and O–H groups in total. The van der Waals surface area contributed by atoms with Gasteiger partial charge in [0, 0.05) is 11.4 Å². The first kappa shape index (κ1) is 13.3. The number of benzene rings is 1. The Morgan fingerprint density at radius 3 is 3.00 bits per heavy atom. The SMILES string of the molecule is Fc1cc(NC2=NC3CCCCC3CS2)ccc1Cl. The second-order valence-electron chi connectivity index (χ2n) is 5.11. The molecule has 3 rings (SSSR count). The molecule has 0 amide bonds. The van der Waals surface area contributed by atoms with Crippen molar-refractivity contribution in [3.63, 3.8) is 0 Å². The average molecular weight is 299 g/mol. The molecule has 0 radical (unpaired) electrons. The molecule has 1 heterocycles. The van der Waals surface area contributed by atoms with E-state index in [9.17, 15) is 4.39 Å². The molecule has 0 spiro atoms. The summed E-state index contributed by atoms with van der Waals surface area (Å²) in [5.74, 6) is 1.45. The molecular weight excluding hydrogens is 283 g/mol. The third-order valence-electron chi connectivity index (χ3n) is 3.76. The van der Waals surface area contributed by atoms with E-state index in [-0.39, 0.29) is 5.02 Å². The number of fused-ring (bicyclic) bond motifs is 1. The first-order chi connectivity index (χ1) is 9.22. The van der Waals surface area contributed by atoms with Crippen molar-refractivity contribution in [2.45, 2.75) is 31.7 Å². The van der Waals surface area contributed by atoms with Gasteiger partial charge in [0.1, 0.15) is 5.82 Å². The van der Waals surface area contributed by atoms with Crippen LogP contribution in [0.5, 0.6) is 0 Å². The van der Waals surface area contributed by atoms with E-state index in [1.54, 1.807) is 23.9 Å². The van der Waals surface area contributed by atoms with E-state index in [0.29, 0.717) is 11.7 Å². The number of hydrogen-bond donors (Lipinski definition) is 1. The zero-order valence-corrected chi connectivity index (χ0v) is 12.1. The fraction of sp³-hybridized carbons (Fsp3) is 0.500. The van der Waals surface area contributed by atoms with Gasteiger partial charge in [0.05, 0.1) is 11.1 Å². The maximum Gasteiger partial charge on any atom is 0.161 e. The first-order valence-corrected chi connectivity index (χ1v) is 8.01. The van der Waals surface area contributed by atoms with Gasteiger partial charge in [0.25, 0.3) is 0 Å². The quantitative estimate of drug-likeness (QED) is 0.822. The molecule has 1 saturated carbocycles. The van der Waals surface area contributed by atoms with Crippen LogP contribution >= 0.6 is 23.4 Å². The van der Waals surface area contributed by atoms with Crippen LogP contribution < -0.4 is 5.32 Å². The summed E-state index contributed by atoms with van der Waals surface area (Å²) in [6.45, 7) is 0. The van der Waals surface area contributed by atoms with Crippen LogP contribution in [0.4, 0.5) is 10.1 Å². The van der Waals surface area contributed by atoms with Gasteiger partial charge in [-0.2, -0.15) is 0 Å². The zero-order chi connectivity index (χ0) is 13.2. The van der Waals surface area contributed by atoms with Crippen LogP contribution in [0.25, 0.3) is 0 Å². The Balaban J connectivity index is 1.72. The highest BCUT2D eigenvalue weighted by Gasteiger charge is 2.29. The normalized spacial score (nSPS) is 26.5. The van der Waals surface area contributed by atoms with Gasteiger partial charge in [-0.15, -0.1) is 0 Å². The number of anilines is 1. The number of amidine groups is 1. The van der Waals surface area contributed by atoms with E-state index < -0.39 is 5.82 Å². The van der Waals surface area contributed by atoms with Crippen LogP contribution in [0.3, 0.4) is 0 Å². The number of thioether (sulfide) groups is 1. The van der Waals surface area contributed by atoms with Crippen LogP contribution in [-0.2, 0) is 0 Å². The van der Waals surface area contributed by atoms with Crippen LogP contribution in [0.15, 0.2) is 23.2 Å². The van der Waals surface area contributed by atoms with Crippen molar-refractivity contribution in [2.24, 2.45) is 10.9 Å². The Morgan fingerprint density at radius 2 is 2.16 bits per heavy atom. The van der Waals surface area contributed by atoms with E-state index in [1.165, 1.54) is 31.7 Å². The topological polar surface area (TPSA) is 24.4 Å². The van der Waals surface area contributed by atoms with Crippen LogP contribution in [0.1, 0.15) is 25.7 Å². The Bertz CT molecular complexity index is 506. The van der Waals surface area contributed by atoms with Crippen LogP contribution in [0, 0.1) is 11.7 Å². The lowest BCUT2D eigenvalue weighted by molar-refractivity contribution is 0.336. The molecule has 2 unspecified atom stereocenters. The largest absolute Gasteiger partial charge is 0.335 e. The fourth-order valence-electron chi connectivity index (χ4n) is 2.69. The molecule has 5 heteroatoms. The number of rotatable bonds is 1. The van der Waals surface area contributed by atoms with Gasteiger partial charge in [0.2, 0.25) is 0 Å². The number of nitrogens with zero attached hydrogens (tertiary/aromatic N) is 1. The molecule has 1 aromatic rings. The third-order valence-corrected chi connectivity index (χ3v) is 5.14. The van der Waals surface area contributed by atoms with Gasteiger partial charge in [-0.3, -0.25) is 4.99 Å². The van der Waals surface area contributed by atoms with Crippen molar-refractivity contribution in [3.05, 3.63) is 29.0 Å². The number of hydrogen-bond acceptors (Lipinski definition) is 3. The summed E-state index contributed by atoms with van der Waals surface area (Å²) in [6.07, 6.45) is 5.09. The standard InChI is InChI=1S/C14H16ClFN2S/c15-11-6-5-10(7-12(11)16)17-14-18-13-4-2-1-3-9(13)8-19-14/h5-7,9,13H,1-4,8H2,(H,17,18). The molecule has 2 aliphatic rings. The summed E-state index contributed by atoms with van der Waals surface area (Å²) in [5.41, 5.74) is 0.711. The van der Waals surface area contributed by atoms with Crippen molar-refractivity contribution < 1.29 is 4.39 Å². The Hall–Kier alpha value is -0.740. The molecule has 1 aromatic carbocycles. The lowest BCUT2D eigenvalue weighted by Crippen LogP contribution is -2.31. The highest BCUT2D eigenvalue weighted by molar-refractivity contribution is 8.14. The molecule has 19 heavy (non-hydrogen) atoms. The van der Waals surface area contributed by atoms with E-state index in [1.807, 2.05) is 0 Å². The third kappa shape index (κ3) is 3.06. The van der Waals surface area contributed by atoms with Crippen LogP contribution in [0.2, 0.25) is 5.02 Å². The predicted octanol–water partition coefficient (Wildman–Crippen LogP) is 4.55. The van der Waals surface area contributed by atoms with Gasteiger partial charge in [-0.05, 0) is 37.0 Å². The number of nitrogens with one attached hydrogen (secondary N) is 1. The molecule has 2 atom stereocenters. The minimum absolute atomic E-state index is 0.149. The van der Waals surface area contributed by atoms with Crippen molar-refractivity contribution in [3.8, 4) is 0 Å². The molecule has 0 saturated heterocycles. The van der Waals surface area contributed by atoms with E-state index >= 15 is 0 Å². The van der Waals surface area contributed by atoms with E-state index in [2.05, 4.69) is 5.32 Å². The van der Waals surface area contributed by atoms with Gasteiger partial charge < -0.3 is 5.32 Å². The summed E-state index contributed by atoms with van der Waals surface area (Å²) < 4.78 is 13.4. The molecule has 0 bridgehead atoms. The highest BCUT2D eigenvalue weighted by Crippen LogP contribution is 2.34. The van der Waals surface area contributed by atoms with Crippen LogP contribution in [-0.4, -0.2) is 17.0 Å². The minimum Gasteiger partial charge on any atom is -0.335 e. The average Bonchev–Trinajstić information content (AvgIpc) is 2.43. The molecular formula is C14H16ClFN2S. The zero-order valence-electron chi connectivity index (χ0n) is 10.5. The van der Waals surface area contributed by atoms with Gasteiger partial charge in [0.15, 0.2) is 5.17 Å². The van der Waals surface area contributed by atoms with Gasteiger partial charge >= 0.3 is 0 Å². The lowest BCUT2D eigenvalue weighted by atomic mass is 9.86. The number of aliphatic imine (C=N–C) groups is 1. The van der Waals surface area contributed by atoms with E-state index in [4.69, 9.17) is 16.6 Å². The number of halogens is 2. The second kappa shape index (κ2) is 5.71. The Kier molecular flexibility index (Phi) is 3.99. The summed E-state index contributed by atoms with van der Waals surface area (Å²) in [6, 6.07) is 5.21. The summed E-state index contributed by atoms with van der Waals surface area (Å²) in [4.78, 5) is 4.76. The first-order valence-electron chi connectivity index (χ1n) is 6.65. The van der Waals surface area contributed by atoms with E-state index in [0.717, 1.165) is 16.8 Å². The molecule has 102 valence electrons. The molecule has 2 nitrogen and oxygen atoms in total. The maximum absolute atomic E-state index is 13.4. The fourth-order valence-corrected chi connectivity index (χ4v) is 3.97. The predicted molar refractivity (Wildman–Crippen MR) is 80.7 cm³/mol. The highest BCUT2D eigenvalue weighted by atomic mass is 35.5. The summed E-state index contributed by atoms with van der Waals surface area (Å²) >= 11 is 7.41. The van der Waals surface area contributed by atoms with Crippen molar-refractivity contribution in [1.29, 1.82) is 0 Å². The second-order valence-corrected chi connectivity index (χ2v) is 6.53. The van der Waals surface area contributed by atoms with Crippen molar-refractivity contribution >= 4 is 34.2 Å². The van der Waals surface area contributed by atoms with Crippen molar-refractivity contribution in [2.75, 3.05) is 11.1 Å². The molecule has 0 aromatic heterocycles. The molecule has 1 aliphatic heterocycles. The Morgan fingerprint density at radius 1 is 1.32 bits per heavy atom. The maximum atomic E-state index is 13.4. The summed E-state index contributed by atoms with van der Waals surface area (Å²) in [5, 5.41) is 4.25. The van der Waals surface area contributed by atoms with Crippen molar-refractivity contribution in [1.82, 2.24) is 0 Å². The molecule has 1 fully saturated rings. The lowest BCUT2D eigenvalue weighted by Gasteiger charge is -2.32. The minimum atomic E-state index is -0.399. The van der Waals surface area contributed by atoms with Gasteiger partial charge in [-0.25, -0.2) is 4.39 Å². The summed E-state index contributed by atoms with van der Waals surface area (Å²) in [7, 11) is 0. The monoisotopic (exact) mass is 298 g/mol. The molecule has 1 aliphatic carbocycles. The Labute approximate surface area is 121 Å². The van der Waals surface area contributed by atoms with Gasteiger partial charge in [-0.1, -0.05) is 36.2 Å². The smallest absolute Gasteiger partial charge is 0.161 e.